The fraction of sp³-hybridized carbons (Fsp3) is 0.348. The van der Waals surface area contributed by atoms with Crippen LogP contribution in [0.15, 0.2) is 44.7 Å². The van der Waals surface area contributed by atoms with Crippen molar-refractivity contribution in [2.45, 2.75) is 6.54 Å². The zero-order chi connectivity index (χ0) is 24.7. The first-order valence-electron chi connectivity index (χ1n) is 10.9. The highest BCUT2D eigenvalue weighted by Gasteiger charge is 2.21. The third kappa shape index (κ3) is 4.04. The maximum Gasteiger partial charge on any atom is 0.336 e. The molecule has 0 saturated heterocycles. The lowest BCUT2D eigenvalue weighted by atomic mass is 10.0. The second-order valence-electron chi connectivity index (χ2n) is 8.86. The van der Waals surface area contributed by atoms with Crippen LogP contribution in [0.5, 0.6) is 0 Å². The molecule has 0 saturated carbocycles. The molecule has 1 unspecified atom stereocenters. The van der Waals surface area contributed by atoms with Crippen LogP contribution < -0.4 is 27.2 Å². The van der Waals surface area contributed by atoms with Crippen LogP contribution in [0.2, 0.25) is 0 Å². The number of nitrogens with one attached hydrogen (secondary N) is 2. The summed E-state index contributed by atoms with van der Waals surface area (Å²) in [7, 11) is 7.54. The summed E-state index contributed by atoms with van der Waals surface area (Å²) in [5.74, 6) is 0. The first-order valence-corrected chi connectivity index (χ1v) is 10.9. The summed E-state index contributed by atoms with van der Waals surface area (Å²) in [4.78, 5) is 44.4. The molecule has 11 nitrogen and oxygen atoms in total. The topological polar surface area (TPSA) is 127 Å². The van der Waals surface area contributed by atoms with Gasteiger partial charge in [0, 0.05) is 44.0 Å². The molecule has 0 radical (unpaired) electrons. The summed E-state index contributed by atoms with van der Waals surface area (Å²) >= 11 is 0. The summed E-state index contributed by atoms with van der Waals surface area (Å²) in [5.41, 5.74) is -0.516. The maximum absolute atomic E-state index is 13.6. The number of likely N-dealkylation sites (N-methyl/N-ethyl adjacent to an activating group) is 2. The zero-order valence-corrected chi connectivity index (χ0v) is 19.6. The van der Waals surface area contributed by atoms with Gasteiger partial charge < -0.3 is 20.3 Å². The van der Waals surface area contributed by atoms with Gasteiger partial charge in [0.25, 0.3) is 5.56 Å². The highest BCUT2D eigenvalue weighted by atomic mass is 16.8. The van der Waals surface area contributed by atoms with E-state index in [9.17, 15) is 24.8 Å². The van der Waals surface area contributed by atoms with Gasteiger partial charge in [0.15, 0.2) is 11.1 Å². The van der Waals surface area contributed by atoms with E-state index in [0.29, 0.717) is 25.3 Å². The Morgan fingerprint density at radius 2 is 1.71 bits per heavy atom. The molecule has 2 aromatic heterocycles. The number of fused-ring (bicyclic) bond motifs is 2. The fourth-order valence-corrected chi connectivity index (χ4v) is 4.14. The van der Waals surface area contributed by atoms with Crippen LogP contribution in [0.25, 0.3) is 27.2 Å². The van der Waals surface area contributed by atoms with Crippen LogP contribution in [0.3, 0.4) is 0 Å². The predicted octanol–water partition coefficient (Wildman–Crippen LogP) is -0.496. The third-order valence-electron chi connectivity index (χ3n) is 5.90. The molecule has 1 atom stereocenters. The molecule has 0 aliphatic rings. The Balaban J connectivity index is 2.14. The molecule has 2 aromatic carbocycles. The van der Waals surface area contributed by atoms with Crippen molar-refractivity contribution in [2.75, 3.05) is 53.1 Å². The minimum atomic E-state index is -1.17. The summed E-state index contributed by atoms with van der Waals surface area (Å²) in [6.45, 7) is 1.88. The molecule has 0 amide bonds. The van der Waals surface area contributed by atoms with E-state index < -0.39 is 21.9 Å². The van der Waals surface area contributed by atoms with Crippen molar-refractivity contribution in [3.8, 4) is 0 Å². The number of nitrogens with zero attached hydrogens (tertiary/aromatic N) is 4. The molecular weight excluding hydrogens is 440 g/mol. The maximum atomic E-state index is 13.6. The van der Waals surface area contributed by atoms with Gasteiger partial charge in [-0.3, -0.25) is 18.6 Å². The lowest BCUT2D eigenvalue weighted by Crippen LogP contribution is -2.99. The zero-order valence-electron chi connectivity index (χ0n) is 19.6. The monoisotopic (exact) mass is 468 g/mol. The number of rotatable bonds is 8. The van der Waals surface area contributed by atoms with Gasteiger partial charge in [-0.2, -0.15) is 5.23 Å². The van der Waals surface area contributed by atoms with Crippen molar-refractivity contribution in [3.05, 3.63) is 66.6 Å². The van der Waals surface area contributed by atoms with E-state index in [1.165, 1.54) is 22.6 Å². The number of hydrogen-bond acceptors (Lipinski definition) is 8. The molecule has 3 N–H and O–H groups in total. The summed E-state index contributed by atoms with van der Waals surface area (Å²) < 4.78 is 2.52. The van der Waals surface area contributed by atoms with Gasteiger partial charge in [-0.1, -0.05) is 0 Å². The normalized spacial score (nSPS) is 13.1. The van der Waals surface area contributed by atoms with Crippen LogP contribution in [0.4, 0.5) is 11.4 Å². The Bertz CT molecular complexity index is 1540. The summed E-state index contributed by atoms with van der Waals surface area (Å²) in [5, 5.41) is 23.6. The van der Waals surface area contributed by atoms with Gasteiger partial charge in [0.05, 0.1) is 27.2 Å². The van der Waals surface area contributed by atoms with E-state index in [4.69, 9.17) is 0 Å². The van der Waals surface area contributed by atoms with E-state index in [1.54, 1.807) is 12.1 Å². The van der Waals surface area contributed by atoms with E-state index in [1.807, 2.05) is 38.0 Å². The molecule has 4 aromatic rings. The highest BCUT2D eigenvalue weighted by Crippen LogP contribution is 2.27. The quantitative estimate of drug-likeness (QED) is 0.180. The number of hydrogen-bond donors (Lipinski definition) is 3. The Kier molecular flexibility index (Phi) is 6.39. The molecule has 2 heterocycles. The van der Waals surface area contributed by atoms with E-state index in [0.717, 1.165) is 4.57 Å². The minimum absolute atomic E-state index is 0.0566. The Morgan fingerprint density at radius 1 is 1.00 bits per heavy atom. The summed E-state index contributed by atoms with van der Waals surface area (Å²) in [6, 6.07) is 7.39. The molecule has 0 bridgehead atoms. The largest absolute Gasteiger partial charge is 0.595 e. The average molecular weight is 469 g/mol. The van der Waals surface area contributed by atoms with Crippen molar-refractivity contribution in [3.63, 3.8) is 0 Å². The van der Waals surface area contributed by atoms with Gasteiger partial charge >= 0.3 is 5.69 Å². The molecule has 180 valence electrons. The Morgan fingerprint density at radius 3 is 2.35 bits per heavy atom. The van der Waals surface area contributed by atoms with E-state index >= 15 is 0 Å². The van der Waals surface area contributed by atoms with Crippen LogP contribution >= 0.6 is 0 Å². The van der Waals surface area contributed by atoms with Crippen molar-refractivity contribution < 1.29 is 10.4 Å². The van der Waals surface area contributed by atoms with Crippen molar-refractivity contribution in [1.29, 1.82) is 0 Å². The predicted molar refractivity (Wildman–Crippen MR) is 132 cm³/mol. The molecule has 0 aliphatic heterocycles. The average Bonchev–Trinajstić information content (AvgIpc) is 2.77. The fourth-order valence-electron chi connectivity index (χ4n) is 4.14. The standard InChI is InChI=1S/C23H28N6O5/c1-25(2)10-9-24-17-7-6-15-20-19(17)21(30)16-13-14(29(33)34)5-8-18(16)28(20)23(32)27(22(15)31)12-11-26(3)4/h5-8,13,24,29,33H,9-12H2,1-4H3. The van der Waals surface area contributed by atoms with Crippen molar-refractivity contribution >= 4 is 38.6 Å². The number of aromatic nitrogens is 2. The van der Waals surface area contributed by atoms with Gasteiger partial charge in [-0.15, -0.1) is 0 Å². The highest BCUT2D eigenvalue weighted by molar-refractivity contribution is 6.07. The van der Waals surface area contributed by atoms with Gasteiger partial charge in [-0.05, 0) is 46.4 Å². The molecule has 34 heavy (non-hydrogen) atoms. The first-order chi connectivity index (χ1) is 16.1. The number of benzene rings is 2. The number of anilines is 1. The molecule has 0 aliphatic carbocycles. The SMILES string of the molecule is CN(C)CCNc1ccc2c(=O)n(CCN(C)C)c(=O)n3c4ccc([NH+]([O-])O)cc4c(=O)c1c23. The van der Waals surface area contributed by atoms with Gasteiger partial charge in [0.1, 0.15) is 0 Å². The first kappa shape index (κ1) is 23.8. The molecule has 0 fully saturated rings. The van der Waals surface area contributed by atoms with Gasteiger partial charge in [0.2, 0.25) is 0 Å². The van der Waals surface area contributed by atoms with Crippen molar-refractivity contribution in [2.24, 2.45) is 0 Å². The van der Waals surface area contributed by atoms with Crippen LogP contribution in [0.1, 0.15) is 0 Å². The lowest BCUT2D eigenvalue weighted by molar-refractivity contribution is -0.991. The van der Waals surface area contributed by atoms with Gasteiger partial charge in [-0.25, -0.2) is 10.0 Å². The van der Waals surface area contributed by atoms with Crippen molar-refractivity contribution in [1.82, 2.24) is 18.8 Å². The third-order valence-corrected chi connectivity index (χ3v) is 5.90. The second-order valence-corrected chi connectivity index (χ2v) is 8.86. The molecule has 4 rings (SSSR count). The number of quaternary nitrogens is 1. The number of pyridine rings is 1. The molecule has 11 heteroatoms. The Hall–Kier alpha value is -3.35. The minimum Gasteiger partial charge on any atom is -0.595 e. The summed E-state index contributed by atoms with van der Waals surface area (Å²) in [6.07, 6.45) is 0. The van der Waals surface area contributed by atoms with Crippen LogP contribution in [-0.4, -0.2) is 71.8 Å². The lowest BCUT2D eigenvalue weighted by Gasteiger charge is -2.18. The van der Waals surface area contributed by atoms with Crippen LogP contribution in [-0.2, 0) is 6.54 Å². The van der Waals surface area contributed by atoms with E-state index in [2.05, 4.69) is 5.32 Å². The Labute approximate surface area is 194 Å². The smallest absolute Gasteiger partial charge is 0.336 e. The van der Waals surface area contributed by atoms with Crippen LogP contribution in [0, 0.1) is 5.21 Å². The van der Waals surface area contributed by atoms with E-state index in [-0.39, 0.29) is 39.4 Å². The molecule has 0 spiro atoms. The second kappa shape index (κ2) is 9.12. The molecular formula is C23H28N6O5.